The summed E-state index contributed by atoms with van der Waals surface area (Å²) in [6.45, 7) is 15.5. The number of aliphatic hydroxyl groups excluding tert-OH is 1. The Morgan fingerprint density at radius 3 is 1.69 bits per heavy atom. The van der Waals surface area contributed by atoms with Gasteiger partial charge in [0.15, 0.2) is 0 Å². The number of aliphatic carboxylic acids is 1. The monoisotopic (exact) mass is 933 g/mol. The molecule has 0 saturated carbocycles. The summed E-state index contributed by atoms with van der Waals surface area (Å²) in [5.41, 5.74) is 0. The maximum atomic E-state index is 13.6. The van der Waals surface area contributed by atoms with E-state index >= 15 is 0 Å². The van der Waals surface area contributed by atoms with Gasteiger partial charge in [-0.1, -0.05) is 34.6 Å². The van der Waals surface area contributed by atoms with Crippen molar-refractivity contribution in [1.82, 2.24) is 42.1 Å². The van der Waals surface area contributed by atoms with Crippen molar-refractivity contribution in [3.8, 4) is 0 Å². The fourth-order valence-electron chi connectivity index (χ4n) is 6.59. The molecule has 0 bridgehead atoms. The molecule has 0 radical (unpaired) electrons. The summed E-state index contributed by atoms with van der Waals surface area (Å²) in [6.07, 6.45) is 1.58. The number of carbonyl (C=O) groups is 7. The van der Waals surface area contributed by atoms with Gasteiger partial charge >= 0.3 is 5.97 Å². The Morgan fingerprint density at radius 1 is 0.662 bits per heavy atom. The molecule has 1 heterocycles. The molecule has 1 aliphatic rings. The van der Waals surface area contributed by atoms with Crippen LogP contribution in [-0.2, 0) is 57.2 Å². The SMILES string of the molecule is CCCC(=O)NCCOCCOCCOCCOCCOCCNC(=O)CNC(=O)CNC(=O)[C@@H](NC(=O)[C@H](CCC(=O)O)NCC1CCCN1C(=O)[C@H](CC(C)C)NC(C)C)[C@@H](C)O. The van der Waals surface area contributed by atoms with Crippen LogP contribution in [-0.4, -0.2) is 198 Å². The van der Waals surface area contributed by atoms with E-state index in [0.29, 0.717) is 91.8 Å². The molecule has 0 aromatic rings. The van der Waals surface area contributed by atoms with Crippen LogP contribution in [0.2, 0.25) is 0 Å². The van der Waals surface area contributed by atoms with Crippen molar-refractivity contribution in [3.05, 3.63) is 0 Å². The van der Waals surface area contributed by atoms with Crippen molar-refractivity contribution in [1.29, 1.82) is 0 Å². The Labute approximate surface area is 384 Å². The van der Waals surface area contributed by atoms with Crippen LogP contribution in [0, 0.1) is 5.92 Å². The van der Waals surface area contributed by atoms with Gasteiger partial charge in [0.1, 0.15) is 6.04 Å². The van der Waals surface area contributed by atoms with Gasteiger partial charge in [-0.15, -0.1) is 0 Å². The van der Waals surface area contributed by atoms with Gasteiger partial charge in [-0.25, -0.2) is 0 Å². The van der Waals surface area contributed by atoms with E-state index in [9.17, 15) is 43.8 Å². The van der Waals surface area contributed by atoms with Crippen LogP contribution >= 0.6 is 0 Å². The summed E-state index contributed by atoms with van der Waals surface area (Å²) in [5.74, 6) is -3.64. The lowest BCUT2D eigenvalue weighted by molar-refractivity contribution is -0.138. The normalized spacial score (nSPS) is 15.6. The number of hydrogen-bond donors (Lipinski definition) is 9. The van der Waals surface area contributed by atoms with Crippen molar-refractivity contribution < 1.29 is 67.5 Å². The van der Waals surface area contributed by atoms with Crippen molar-refractivity contribution in [3.63, 3.8) is 0 Å². The third-order valence-corrected chi connectivity index (χ3v) is 9.80. The highest BCUT2D eigenvalue weighted by Gasteiger charge is 2.35. The number of nitrogens with one attached hydrogen (secondary N) is 7. The summed E-state index contributed by atoms with van der Waals surface area (Å²) >= 11 is 0. The fourth-order valence-corrected chi connectivity index (χ4v) is 6.59. The number of ether oxygens (including phenoxy) is 5. The third-order valence-electron chi connectivity index (χ3n) is 9.80. The van der Waals surface area contributed by atoms with E-state index in [1.165, 1.54) is 6.92 Å². The molecular formula is C43H80N8O14. The number of amides is 6. The molecule has 22 heteroatoms. The van der Waals surface area contributed by atoms with Crippen LogP contribution in [0.3, 0.4) is 0 Å². The summed E-state index contributed by atoms with van der Waals surface area (Å²) in [6, 6.07) is -3.06. The second kappa shape index (κ2) is 36.1. The Balaban J connectivity index is 2.32. The van der Waals surface area contributed by atoms with E-state index in [2.05, 4.69) is 51.1 Å². The minimum Gasteiger partial charge on any atom is -0.481 e. The van der Waals surface area contributed by atoms with Gasteiger partial charge in [-0.05, 0) is 44.9 Å². The van der Waals surface area contributed by atoms with Crippen LogP contribution in [0.5, 0.6) is 0 Å². The first kappa shape index (κ1) is 59.0. The van der Waals surface area contributed by atoms with Gasteiger partial charge in [0.25, 0.3) is 0 Å². The lowest BCUT2D eigenvalue weighted by Crippen LogP contribution is -2.58. The smallest absolute Gasteiger partial charge is 0.303 e. The van der Waals surface area contributed by atoms with Gasteiger partial charge in [-0.2, -0.15) is 0 Å². The van der Waals surface area contributed by atoms with Crippen LogP contribution < -0.4 is 37.2 Å². The number of carboxylic acid groups (broad SMARTS) is 1. The Bertz CT molecular complexity index is 1380. The number of likely N-dealkylation sites (tertiary alicyclic amines) is 1. The highest BCUT2D eigenvalue weighted by Crippen LogP contribution is 2.20. The molecule has 1 saturated heterocycles. The maximum Gasteiger partial charge on any atom is 0.303 e. The summed E-state index contributed by atoms with van der Waals surface area (Å²) in [5, 5.41) is 38.8. The molecule has 65 heavy (non-hydrogen) atoms. The number of rotatable bonds is 39. The average molecular weight is 933 g/mol. The van der Waals surface area contributed by atoms with Crippen LogP contribution in [0.15, 0.2) is 0 Å². The molecule has 1 unspecified atom stereocenters. The number of carboxylic acids is 1. The first-order chi connectivity index (χ1) is 31.0. The predicted molar refractivity (Wildman–Crippen MR) is 240 cm³/mol. The standard InChI is InChI=1S/C43H80N8O14/c1-7-9-36(53)44-13-16-61-18-20-63-22-24-65-25-23-64-21-19-62-17-14-45-37(54)28-47-38(55)29-48-42(59)40(32(6)52)50-41(58)34(11-12-39(56)57)46-27-33-10-8-15-51(33)43(60)35(26-30(2)3)49-31(4)5/h30-35,40,46,49,52H,7-29H2,1-6H3,(H,44,53)(H,45,54)(H,47,55)(H,48,59)(H,50,58)(H,56,57)/t32-,33?,34+,35+,40+/m1/s1. The van der Waals surface area contributed by atoms with E-state index in [1.807, 2.05) is 20.8 Å². The van der Waals surface area contributed by atoms with E-state index < -0.39 is 54.3 Å². The van der Waals surface area contributed by atoms with Crippen LogP contribution in [0.4, 0.5) is 0 Å². The van der Waals surface area contributed by atoms with E-state index in [4.69, 9.17) is 23.7 Å². The fraction of sp³-hybridized carbons (Fsp3) is 0.837. The molecule has 5 atom stereocenters. The summed E-state index contributed by atoms with van der Waals surface area (Å²) < 4.78 is 27.1. The van der Waals surface area contributed by atoms with Crippen molar-refractivity contribution in [2.75, 3.05) is 105 Å². The second-order valence-electron chi connectivity index (χ2n) is 16.5. The van der Waals surface area contributed by atoms with Crippen molar-refractivity contribution >= 4 is 41.4 Å². The van der Waals surface area contributed by atoms with Crippen molar-refractivity contribution in [2.45, 2.75) is 123 Å². The molecule has 22 nitrogen and oxygen atoms in total. The topological polar surface area (TPSA) is 294 Å². The minimum absolute atomic E-state index is 0.0232. The number of aliphatic hydroxyl groups is 1. The van der Waals surface area contributed by atoms with E-state index in [0.717, 1.165) is 12.8 Å². The van der Waals surface area contributed by atoms with Gasteiger partial charge in [-0.3, -0.25) is 33.6 Å². The molecule has 0 spiro atoms. The molecule has 376 valence electrons. The van der Waals surface area contributed by atoms with Crippen LogP contribution in [0.1, 0.15) is 86.5 Å². The van der Waals surface area contributed by atoms with Gasteiger partial charge in [0.05, 0.1) is 97.3 Å². The zero-order valence-electron chi connectivity index (χ0n) is 39.5. The minimum atomic E-state index is -1.48. The molecule has 1 rings (SSSR count). The molecule has 1 fully saturated rings. The van der Waals surface area contributed by atoms with Crippen molar-refractivity contribution in [2.24, 2.45) is 5.92 Å². The number of nitrogens with zero attached hydrogens (tertiary/aromatic N) is 1. The lowest BCUT2D eigenvalue weighted by Gasteiger charge is -2.32. The molecule has 0 aromatic heterocycles. The van der Waals surface area contributed by atoms with E-state index in [1.54, 1.807) is 4.90 Å². The quantitative estimate of drug-likeness (QED) is 0.0315. The predicted octanol–water partition coefficient (Wildman–Crippen LogP) is -1.57. The average Bonchev–Trinajstić information content (AvgIpc) is 3.72. The van der Waals surface area contributed by atoms with Gasteiger partial charge < -0.3 is 76.0 Å². The zero-order valence-corrected chi connectivity index (χ0v) is 39.5. The number of carbonyl (C=O) groups excluding carboxylic acids is 6. The van der Waals surface area contributed by atoms with Crippen LogP contribution in [0.25, 0.3) is 0 Å². The van der Waals surface area contributed by atoms with Gasteiger partial charge in [0, 0.05) is 51.1 Å². The van der Waals surface area contributed by atoms with Gasteiger partial charge in [0.2, 0.25) is 35.4 Å². The molecule has 1 aliphatic heterocycles. The molecule has 9 N–H and O–H groups in total. The zero-order chi connectivity index (χ0) is 48.4. The second-order valence-corrected chi connectivity index (χ2v) is 16.5. The lowest BCUT2D eigenvalue weighted by atomic mass is 10.0. The Hall–Kier alpha value is -4.03. The summed E-state index contributed by atoms with van der Waals surface area (Å²) in [4.78, 5) is 89.3. The molecule has 6 amide bonds. The Kier molecular flexibility index (Phi) is 32.8. The highest BCUT2D eigenvalue weighted by atomic mass is 16.6. The molecule has 0 aromatic carbocycles. The Morgan fingerprint density at radius 2 is 1.18 bits per heavy atom. The third kappa shape index (κ3) is 29.3. The number of hydrogen-bond acceptors (Lipinski definition) is 15. The molecular weight excluding hydrogens is 853 g/mol. The van der Waals surface area contributed by atoms with E-state index in [-0.39, 0.29) is 74.9 Å². The highest BCUT2D eigenvalue weighted by molar-refractivity contribution is 5.93. The first-order valence-electron chi connectivity index (χ1n) is 23.0. The molecule has 0 aliphatic carbocycles. The maximum absolute atomic E-state index is 13.6. The largest absolute Gasteiger partial charge is 0.481 e. The summed E-state index contributed by atoms with van der Waals surface area (Å²) in [7, 11) is 0. The first-order valence-corrected chi connectivity index (χ1v) is 23.0.